The smallest absolute Gasteiger partial charge is 0.277 e. The molecule has 3 heterocycles. The first kappa shape index (κ1) is 17.9. The molecule has 2 aliphatic rings. The van der Waals surface area contributed by atoms with Gasteiger partial charge < -0.3 is 9.26 Å². The number of anilines is 1. The van der Waals surface area contributed by atoms with Crippen molar-refractivity contribution in [3.8, 4) is 28.3 Å². The van der Waals surface area contributed by atoms with Crippen LogP contribution in [0.1, 0.15) is 34.9 Å². The van der Waals surface area contributed by atoms with Crippen molar-refractivity contribution >= 4 is 11.6 Å². The van der Waals surface area contributed by atoms with E-state index >= 15 is 0 Å². The van der Waals surface area contributed by atoms with Crippen molar-refractivity contribution in [2.75, 3.05) is 12.0 Å². The van der Waals surface area contributed by atoms with E-state index in [1.165, 1.54) is 0 Å². The van der Waals surface area contributed by atoms with Crippen LogP contribution in [0, 0.1) is 5.92 Å². The van der Waals surface area contributed by atoms with Gasteiger partial charge in [0.15, 0.2) is 0 Å². The Kier molecular flexibility index (Phi) is 3.96. The summed E-state index contributed by atoms with van der Waals surface area (Å²) in [6.45, 7) is 0. The highest BCUT2D eigenvalue weighted by Crippen LogP contribution is 2.52. The van der Waals surface area contributed by atoms with E-state index in [-0.39, 0.29) is 11.9 Å². The van der Waals surface area contributed by atoms with Crippen LogP contribution in [0.5, 0.6) is 5.75 Å². The number of methoxy groups -OCH3 is 1. The standard InChI is InChI=1S/C24H20N4O3/c1-30-18-10-6-15(7-11-18)21-20-22(26-25-21)24(29)28(23(20)16-2-3-16)17-8-4-14(5-9-17)19-12-13-31-27-19/h4-13,16,23H,2-3H2,1H3,(H,25,26). The number of nitrogens with zero attached hydrogens (tertiary/aromatic N) is 3. The highest BCUT2D eigenvalue weighted by atomic mass is 16.5. The number of benzene rings is 2. The van der Waals surface area contributed by atoms with Crippen molar-refractivity contribution in [3.63, 3.8) is 0 Å². The molecular formula is C24H20N4O3. The lowest BCUT2D eigenvalue weighted by atomic mass is 9.98. The van der Waals surface area contributed by atoms with E-state index in [1.54, 1.807) is 13.4 Å². The molecule has 31 heavy (non-hydrogen) atoms. The molecular weight excluding hydrogens is 392 g/mol. The zero-order chi connectivity index (χ0) is 20.9. The third-order valence-electron chi connectivity index (χ3n) is 6.12. The van der Waals surface area contributed by atoms with Gasteiger partial charge in [0, 0.05) is 28.4 Å². The van der Waals surface area contributed by atoms with Crippen LogP contribution in [-0.4, -0.2) is 28.4 Å². The maximum Gasteiger partial charge on any atom is 0.277 e. The molecule has 0 spiro atoms. The molecule has 1 amide bonds. The van der Waals surface area contributed by atoms with Crippen LogP contribution >= 0.6 is 0 Å². The van der Waals surface area contributed by atoms with Gasteiger partial charge in [0.2, 0.25) is 0 Å². The van der Waals surface area contributed by atoms with Crippen LogP contribution in [0.15, 0.2) is 65.4 Å². The van der Waals surface area contributed by atoms with Crippen molar-refractivity contribution in [1.29, 1.82) is 0 Å². The molecule has 7 nitrogen and oxygen atoms in total. The second-order valence-electron chi connectivity index (χ2n) is 7.98. The van der Waals surface area contributed by atoms with Gasteiger partial charge in [0.25, 0.3) is 5.91 Å². The third-order valence-corrected chi connectivity index (χ3v) is 6.12. The van der Waals surface area contributed by atoms with Crippen molar-refractivity contribution in [2.45, 2.75) is 18.9 Å². The Balaban J connectivity index is 1.40. The first-order valence-corrected chi connectivity index (χ1v) is 10.3. The van der Waals surface area contributed by atoms with Gasteiger partial charge in [-0.25, -0.2) is 0 Å². The predicted octanol–water partition coefficient (Wildman–Crippen LogP) is 4.85. The van der Waals surface area contributed by atoms with E-state index in [9.17, 15) is 4.79 Å². The van der Waals surface area contributed by atoms with E-state index in [0.29, 0.717) is 11.6 Å². The topological polar surface area (TPSA) is 84.2 Å². The summed E-state index contributed by atoms with van der Waals surface area (Å²) in [4.78, 5) is 15.3. The van der Waals surface area contributed by atoms with Crippen LogP contribution in [0.3, 0.4) is 0 Å². The number of carbonyl (C=O) groups excluding carboxylic acids is 1. The van der Waals surface area contributed by atoms with Crippen LogP contribution in [-0.2, 0) is 0 Å². The van der Waals surface area contributed by atoms with E-state index in [2.05, 4.69) is 15.4 Å². The number of hydrogen-bond donors (Lipinski definition) is 1. The Hall–Kier alpha value is -3.87. The fraction of sp³-hybridized carbons (Fsp3) is 0.208. The summed E-state index contributed by atoms with van der Waals surface area (Å²) in [6.07, 6.45) is 3.77. The molecule has 0 bridgehead atoms. The quantitative estimate of drug-likeness (QED) is 0.506. The van der Waals surface area contributed by atoms with Gasteiger partial charge in [-0.1, -0.05) is 17.3 Å². The number of aromatic amines is 1. The lowest BCUT2D eigenvalue weighted by Crippen LogP contribution is -2.29. The Morgan fingerprint density at radius 2 is 1.77 bits per heavy atom. The normalized spacial score (nSPS) is 17.8. The van der Waals surface area contributed by atoms with Crippen molar-refractivity contribution < 1.29 is 14.1 Å². The first-order valence-electron chi connectivity index (χ1n) is 10.3. The molecule has 2 aromatic carbocycles. The van der Waals surface area contributed by atoms with Crippen LogP contribution in [0.25, 0.3) is 22.5 Å². The largest absolute Gasteiger partial charge is 0.497 e. The Labute approximate surface area is 178 Å². The molecule has 1 aliphatic carbocycles. The van der Waals surface area contributed by atoms with Crippen molar-refractivity contribution in [3.05, 3.63) is 72.1 Å². The van der Waals surface area contributed by atoms with Crippen LogP contribution in [0.4, 0.5) is 5.69 Å². The average molecular weight is 412 g/mol. The molecule has 0 saturated heterocycles. The summed E-state index contributed by atoms with van der Waals surface area (Å²) in [5.74, 6) is 1.20. The number of carbonyl (C=O) groups is 1. The fourth-order valence-corrected chi connectivity index (χ4v) is 4.44. The molecule has 1 unspecified atom stereocenters. The molecule has 2 aromatic heterocycles. The lowest BCUT2D eigenvalue weighted by Gasteiger charge is -2.26. The van der Waals surface area contributed by atoms with Crippen LogP contribution < -0.4 is 9.64 Å². The number of ether oxygens (including phenoxy) is 1. The van der Waals surface area contributed by atoms with Gasteiger partial charge >= 0.3 is 0 Å². The highest BCUT2D eigenvalue weighted by Gasteiger charge is 2.49. The number of hydrogen-bond acceptors (Lipinski definition) is 5. The zero-order valence-electron chi connectivity index (χ0n) is 16.9. The Morgan fingerprint density at radius 1 is 1.03 bits per heavy atom. The Bertz CT molecular complexity index is 1240. The summed E-state index contributed by atoms with van der Waals surface area (Å²) in [5, 5.41) is 11.5. The molecule has 0 radical (unpaired) electrons. The van der Waals surface area contributed by atoms with E-state index in [4.69, 9.17) is 9.26 Å². The third kappa shape index (κ3) is 2.84. The first-order chi connectivity index (χ1) is 15.2. The van der Waals surface area contributed by atoms with E-state index < -0.39 is 0 Å². The summed E-state index contributed by atoms with van der Waals surface area (Å²) in [5.41, 5.74) is 5.99. The number of nitrogens with one attached hydrogen (secondary N) is 1. The number of aromatic nitrogens is 3. The molecule has 1 fully saturated rings. The molecule has 7 heteroatoms. The number of rotatable bonds is 5. The number of fused-ring (bicyclic) bond motifs is 1. The summed E-state index contributed by atoms with van der Waals surface area (Å²) in [6, 6.07) is 17.5. The van der Waals surface area contributed by atoms with Crippen molar-refractivity contribution in [1.82, 2.24) is 15.4 Å². The summed E-state index contributed by atoms with van der Waals surface area (Å²) < 4.78 is 10.2. The van der Waals surface area contributed by atoms with Gasteiger partial charge in [-0.15, -0.1) is 0 Å². The predicted molar refractivity (Wildman–Crippen MR) is 115 cm³/mol. The van der Waals surface area contributed by atoms with E-state index in [1.807, 2.05) is 59.5 Å². The highest BCUT2D eigenvalue weighted by molar-refractivity contribution is 6.11. The molecule has 1 saturated carbocycles. The molecule has 1 atom stereocenters. The number of amides is 1. The molecule has 6 rings (SSSR count). The molecule has 1 aliphatic heterocycles. The fourth-order valence-electron chi connectivity index (χ4n) is 4.44. The minimum Gasteiger partial charge on any atom is -0.497 e. The summed E-state index contributed by atoms with van der Waals surface area (Å²) >= 11 is 0. The second kappa shape index (κ2) is 6.84. The maximum atomic E-state index is 13.4. The molecule has 4 aromatic rings. The van der Waals surface area contributed by atoms with Gasteiger partial charge in [0.05, 0.1) is 18.8 Å². The van der Waals surface area contributed by atoms with Gasteiger partial charge in [-0.3, -0.25) is 14.8 Å². The second-order valence-corrected chi connectivity index (χ2v) is 7.98. The monoisotopic (exact) mass is 412 g/mol. The SMILES string of the molecule is COc1ccc(-c2n[nH]c3c2C(C2CC2)N(c2ccc(-c4ccon4)cc2)C3=O)cc1. The van der Waals surface area contributed by atoms with Gasteiger partial charge in [-0.05, 0) is 55.2 Å². The van der Waals surface area contributed by atoms with Crippen molar-refractivity contribution in [2.24, 2.45) is 5.92 Å². The molecule has 1 N–H and O–H groups in total. The maximum absolute atomic E-state index is 13.4. The minimum absolute atomic E-state index is 0.0174. The number of H-pyrrole nitrogens is 1. The van der Waals surface area contributed by atoms with Gasteiger partial charge in [-0.2, -0.15) is 5.10 Å². The van der Waals surface area contributed by atoms with Crippen LogP contribution in [0.2, 0.25) is 0 Å². The lowest BCUT2D eigenvalue weighted by molar-refractivity contribution is 0.0984. The average Bonchev–Trinajstić information content (AvgIpc) is 3.22. The Morgan fingerprint density at radius 3 is 2.42 bits per heavy atom. The van der Waals surface area contributed by atoms with E-state index in [0.717, 1.165) is 52.4 Å². The van der Waals surface area contributed by atoms with Gasteiger partial charge in [0.1, 0.15) is 23.4 Å². The molecule has 154 valence electrons. The minimum atomic E-state index is -0.0339. The zero-order valence-corrected chi connectivity index (χ0v) is 16.9. The summed E-state index contributed by atoms with van der Waals surface area (Å²) in [7, 11) is 1.65.